The van der Waals surface area contributed by atoms with Gasteiger partial charge in [0, 0.05) is 6.04 Å². The van der Waals surface area contributed by atoms with Crippen LogP contribution in [0, 0.1) is 5.82 Å². The molecular weight excluding hydrogens is 260 g/mol. The normalized spacial score (nSPS) is 13.5. The van der Waals surface area contributed by atoms with Gasteiger partial charge < -0.3 is 0 Å². The van der Waals surface area contributed by atoms with E-state index in [0.717, 1.165) is 5.56 Å². The Morgan fingerprint density at radius 1 is 1.28 bits per heavy atom. The molecule has 0 spiro atoms. The van der Waals surface area contributed by atoms with Gasteiger partial charge in [-0.1, -0.05) is 12.1 Å². The molecule has 0 heterocycles. The van der Waals surface area contributed by atoms with Crippen molar-refractivity contribution in [2.75, 3.05) is 12.4 Å². The quantitative estimate of drug-likeness (QED) is 0.829. The second-order valence-electron chi connectivity index (χ2n) is 4.21. The predicted octanol–water partition coefficient (Wildman–Crippen LogP) is 2.04. The molecule has 1 unspecified atom stereocenters. The van der Waals surface area contributed by atoms with E-state index in [1.165, 1.54) is 12.1 Å². The van der Waals surface area contributed by atoms with Crippen LogP contribution >= 0.6 is 0 Å². The topological polar surface area (TPSA) is 46.2 Å². The van der Waals surface area contributed by atoms with Gasteiger partial charge in [-0.25, -0.2) is 17.5 Å². The molecule has 0 saturated heterocycles. The average Bonchev–Trinajstić information content (AvgIpc) is 2.29. The van der Waals surface area contributed by atoms with E-state index in [4.69, 9.17) is 0 Å². The summed E-state index contributed by atoms with van der Waals surface area (Å²) in [4.78, 5) is 0. The van der Waals surface area contributed by atoms with Crippen molar-refractivity contribution >= 4 is 10.0 Å². The van der Waals surface area contributed by atoms with Crippen molar-refractivity contribution in [2.24, 2.45) is 0 Å². The smallest absolute Gasteiger partial charge is 0.211 e. The molecule has 18 heavy (non-hydrogen) atoms. The molecule has 0 saturated carbocycles. The van der Waals surface area contributed by atoms with Gasteiger partial charge in [-0.05, 0) is 37.5 Å². The molecule has 0 bridgehead atoms. The first kappa shape index (κ1) is 15.0. The van der Waals surface area contributed by atoms with Gasteiger partial charge in [0.15, 0.2) is 0 Å². The summed E-state index contributed by atoms with van der Waals surface area (Å²) in [5.41, 5.74) is 0.845. The maximum absolute atomic E-state index is 12.7. The molecule has 102 valence electrons. The van der Waals surface area contributed by atoms with Crippen molar-refractivity contribution in [2.45, 2.75) is 25.8 Å². The van der Waals surface area contributed by atoms with Crippen LogP contribution < -0.4 is 4.72 Å². The third-order valence-electron chi connectivity index (χ3n) is 2.38. The van der Waals surface area contributed by atoms with E-state index in [0.29, 0.717) is 6.42 Å². The summed E-state index contributed by atoms with van der Waals surface area (Å²) < 4.78 is 50.1. The molecule has 0 aliphatic heterocycles. The Morgan fingerprint density at radius 3 is 2.44 bits per heavy atom. The number of hydrogen-bond donors (Lipinski definition) is 1. The molecule has 0 fully saturated rings. The molecule has 1 rings (SSSR count). The Hall–Kier alpha value is -1.01. The summed E-state index contributed by atoms with van der Waals surface area (Å²) in [7, 11) is -3.44. The van der Waals surface area contributed by atoms with E-state index in [1.54, 1.807) is 19.1 Å². The maximum Gasteiger partial charge on any atom is 0.211 e. The van der Waals surface area contributed by atoms with Crippen molar-refractivity contribution in [3.05, 3.63) is 35.6 Å². The van der Waals surface area contributed by atoms with Gasteiger partial charge in [-0.3, -0.25) is 4.39 Å². The molecule has 0 radical (unpaired) electrons. The Bertz CT molecular complexity index is 459. The highest BCUT2D eigenvalue weighted by molar-refractivity contribution is 7.89. The number of nitrogens with one attached hydrogen (secondary N) is 1. The zero-order chi connectivity index (χ0) is 13.6. The van der Waals surface area contributed by atoms with Crippen LogP contribution in [0.3, 0.4) is 0 Å². The molecule has 1 N–H and O–H groups in total. The minimum Gasteiger partial charge on any atom is -0.251 e. The lowest BCUT2D eigenvalue weighted by molar-refractivity contribution is 0.481. The van der Waals surface area contributed by atoms with Crippen LogP contribution in [0.1, 0.15) is 18.9 Å². The summed E-state index contributed by atoms with van der Waals surface area (Å²) in [5.74, 6) is -0.535. The molecule has 1 atom stereocenters. The third kappa shape index (κ3) is 5.55. The maximum atomic E-state index is 12.7. The fraction of sp³-hybridized carbons (Fsp3) is 0.500. The summed E-state index contributed by atoms with van der Waals surface area (Å²) in [6.45, 7) is 1.07. The van der Waals surface area contributed by atoms with Crippen LogP contribution in [0.2, 0.25) is 0 Å². The zero-order valence-electron chi connectivity index (χ0n) is 10.2. The standard InChI is InChI=1S/C12H17F2NO2S/c1-10(15-18(16,17)8-2-7-13)9-11-3-5-12(14)6-4-11/h3-6,10,15H,2,7-9H2,1H3. The van der Waals surface area contributed by atoms with E-state index in [-0.39, 0.29) is 24.0 Å². The van der Waals surface area contributed by atoms with E-state index in [2.05, 4.69) is 4.72 Å². The summed E-state index contributed by atoms with van der Waals surface area (Å²) in [6, 6.07) is 5.59. The van der Waals surface area contributed by atoms with Gasteiger partial charge in [-0.2, -0.15) is 0 Å². The Balaban J connectivity index is 2.51. The van der Waals surface area contributed by atoms with Gasteiger partial charge in [0.2, 0.25) is 10.0 Å². The molecule has 0 aliphatic carbocycles. The highest BCUT2D eigenvalue weighted by Gasteiger charge is 2.14. The average molecular weight is 277 g/mol. The van der Waals surface area contributed by atoms with Gasteiger partial charge in [0.25, 0.3) is 0 Å². The van der Waals surface area contributed by atoms with Gasteiger partial charge in [0.05, 0.1) is 12.4 Å². The summed E-state index contributed by atoms with van der Waals surface area (Å²) in [6.07, 6.45) is 0.466. The second kappa shape index (κ2) is 6.80. The lowest BCUT2D eigenvalue weighted by Crippen LogP contribution is -2.35. The van der Waals surface area contributed by atoms with E-state index in [9.17, 15) is 17.2 Å². The largest absolute Gasteiger partial charge is 0.251 e. The second-order valence-corrected chi connectivity index (χ2v) is 6.08. The van der Waals surface area contributed by atoms with Crippen LogP contribution in [0.5, 0.6) is 0 Å². The highest BCUT2D eigenvalue weighted by Crippen LogP contribution is 2.06. The van der Waals surface area contributed by atoms with Crippen LogP contribution in [0.4, 0.5) is 8.78 Å². The van der Waals surface area contributed by atoms with E-state index >= 15 is 0 Å². The Morgan fingerprint density at radius 2 is 1.89 bits per heavy atom. The number of hydrogen-bond acceptors (Lipinski definition) is 2. The van der Waals surface area contributed by atoms with Crippen molar-refractivity contribution < 1.29 is 17.2 Å². The number of halogens is 2. The number of alkyl halides is 1. The Kier molecular flexibility index (Phi) is 5.68. The van der Waals surface area contributed by atoms with E-state index < -0.39 is 16.7 Å². The third-order valence-corrected chi connectivity index (χ3v) is 3.97. The molecule has 3 nitrogen and oxygen atoms in total. The van der Waals surface area contributed by atoms with Crippen LogP contribution in [0.15, 0.2) is 24.3 Å². The first-order chi connectivity index (χ1) is 8.43. The number of sulfonamides is 1. The highest BCUT2D eigenvalue weighted by atomic mass is 32.2. The first-order valence-corrected chi connectivity index (χ1v) is 7.38. The van der Waals surface area contributed by atoms with Gasteiger partial charge >= 0.3 is 0 Å². The summed E-state index contributed by atoms with van der Waals surface area (Å²) in [5, 5.41) is 0. The predicted molar refractivity (Wildman–Crippen MR) is 67.1 cm³/mol. The molecular formula is C12H17F2NO2S. The van der Waals surface area contributed by atoms with E-state index in [1.807, 2.05) is 0 Å². The number of rotatable bonds is 7. The molecule has 1 aromatic rings. The minimum atomic E-state index is -3.44. The van der Waals surface area contributed by atoms with Gasteiger partial charge in [0.1, 0.15) is 5.82 Å². The molecule has 1 aromatic carbocycles. The molecule has 0 aromatic heterocycles. The van der Waals surface area contributed by atoms with Crippen molar-refractivity contribution in [3.8, 4) is 0 Å². The van der Waals surface area contributed by atoms with Crippen LogP contribution in [-0.4, -0.2) is 26.9 Å². The Labute approximate surface area is 106 Å². The van der Waals surface area contributed by atoms with Crippen LogP contribution in [0.25, 0.3) is 0 Å². The SMILES string of the molecule is CC(Cc1ccc(F)cc1)NS(=O)(=O)CCCF. The number of benzene rings is 1. The monoisotopic (exact) mass is 277 g/mol. The molecule has 0 aliphatic rings. The first-order valence-electron chi connectivity index (χ1n) is 5.73. The minimum absolute atomic E-state index is 0.00139. The van der Waals surface area contributed by atoms with Crippen molar-refractivity contribution in [3.63, 3.8) is 0 Å². The fourth-order valence-electron chi connectivity index (χ4n) is 1.63. The molecule has 6 heteroatoms. The van der Waals surface area contributed by atoms with Crippen LogP contribution in [-0.2, 0) is 16.4 Å². The van der Waals surface area contributed by atoms with Crippen molar-refractivity contribution in [1.82, 2.24) is 4.72 Å². The molecule has 0 amide bonds. The van der Waals surface area contributed by atoms with Crippen molar-refractivity contribution in [1.29, 1.82) is 0 Å². The lowest BCUT2D eigenvalue weighted by atomic mass is 10.1. The van der Waals surface area contributed by atoms with Gasteiger partial charge in [-0.15, -0.1) is 0 Å². The fourth-order valence-corrected chi connectivity index (χ4v) is 2.93. The lowest BCUT2D eigenvalue weighted by Gasteiger charge is -2.14. The summed E-state index contributed by atoms with van der Waals surface area (Å²) >= 11 is 0. The zero-order valence-corrected chi connectivity index (χ0v) is 11.0.